The molecule has 2 aromatic rings. The first-order chi connectivity index (χ1) is 8.99. The molecule has 0 saturated heterocycles. The van der Waals surface area contributed by atoms with E-state index in [1.54, 1.807) is 0 Å². The minimum Gasteiger partial charge on any atom is -0.339 e. The lowest BCUT2D eigenvalue weighted by Crippen LogP contribution is -2.28. The van der Waals surface area contributed by atoms with Crippen LogP contribution in [0.25, 0.3) is 11.5 Å². The highest BCUT2D eigenvalue weighted by atomic mass is 16.5. The number of aryl methyl sites for hydroxylation is 1. The second-order valence-electron chi connectivity index (χ2n) is 5.25. The van der Waals surface area contributed by atoms with Crippen molar-refractivity contribution in [1.29, 1.82) is 0 Å². The fourth-order valence-electron chi connectivity index (χ4n) is 2.26. The Morgan fingerprint density at radius 3 is 2.47 bits per heavy atom. The minimum atomic E-state index is -0.0289. The van der Waals surface area contributed by atoms with E-state index in [9.17, 15) is 0 Å². The molecule has 0 aliphatic heterocycles. The highest BCUT2D eigenvalue weighted by Gasteiger charge is 2.26. The Balaban J connectivity index is 2.33. The normalized spacial score (nSPS) is 14.6. The summed E-state index contributed by atoms with van der Waals surface area (Å²) in [7, 11) is 0. The van der Waals surface area contributed by atoms with Gasteiger partial charge in [0.05, 0.1) is 5.92 Å². The van der Waals surface area contributed by atoms with Crippen molar-refractivity contribution in [3.8, 4) is 11.5 Å². The lowest BCUT2D eigenvalue weighted by Gasteiger charge is -2.20. The second kappa shape index (κ2) is 5.48. The molecule has 2 aromatic heterocycles. The van der Waals surface area contributed by atoms with Crippen LogP contribution < -0.4 is 5.73 Å². The SMILES string of the molecule is Cc1cccc(-c2noc(C(C(C)C)C(C)N)n2)n1. The summed E-state index contributed by atoms with van der Waals surface area (Å²) in [6.07, 6.45) is 0. The van der Waals surface area contributed by atoms with Crippen molar-refractivity contribution in [2.75, 3.05) is 0 Å². The summed E-state index contributed by atoms with van der Waals surface area (Å²) in [5.41, 5.74) is 7.65. The number of aromatic nitrogens is 3. The molecule has 5 nitrogen and oxygen atoms in total. The molecular weight excluding hydrogens is 240 g/mol. The molecule has 19 heavy (non-hydrogen) atoms. The summed E-state index contributed by atoms with van der Waals surface area (Å²) in [5.74, 6) is 1.51. The van der Waals surface area contributed by atoms with Gasteiger partial charge in [-0.3, -0.25) is 0 Å². The largest absolute Gasteiger partial charge is 0.339 e. The third-order valence-corrected chi connectivity index (χ3v) is 3.13. The molecule has 2 heterocycles. The Kier molecular flexibility index (Phi) is 3.95. The summed E-state index contributed by atoms with van der Waals surface area (Å²) in [6, 6.07) is 5.71. The van der Waals surface area contributed by atoms with Crippen molar-refractivity contribution in [3.63, 3.8) is 0 Å². The third-order valence-electron chi connectivity index (χ3n) is 3.13. The van der Waals surface area contributed by atoms with E-state index in [1.165, 1.54) is 0 Å². The van der Waals surface area contributed by atoms with Crippen LogP contribution in [0.15, 0.2) is 22.7 Å². The predicted molar refractivity (Wildman–Crippen MR) is 73.5 cm³/mol. The van der Waals surface area contributed by atoms with Crippen LogP contribution in [-0.4, -0.2) is 21.2 Å². The van der Waals surface area contributed by atoms with Gasteiger partial charge in [0.25, 0.3) is 0 Å². The highest BCUT2D eigenvalue weighted by molar-refractivity contribution is 5.48. The van der Waals surface area contributed by atoms with Gasteiger partial charge in [-0.25, -0.2) is 4.98 Å². The Bertz CT molecular complexity index is 540. The molecule has 2 N–H and O–H groups in total. The standard InChI is InChI=1S/C14H20N4O/c1-8(2)12(10(4)15)14-17-13(18-19-14)11-7-5-6-9(3)16-11/h5-8,10,12H,15H2,1-4H3. The number of rotatable bonds is 4. The number of hydrogen-bond donors (Lipinski definition) is 1. The first kappa shape index (κ1) is 13.7. The number of nitrogens with zero attached hydrogens (tertiary/aromatic N) is 3. The quantitative estimate of drug-likeness (QED) is 0.914. The first-order valence-corrected chi connectivity index (χ1v) is 6.52. The van der Waals surface area contributed by atoms with Crippen LogP contribution >= 0.6 is 0 Å². The molecule has 0 amide bonds. The smallest absolute Gasteiger partial charge is 0.231 e. The van der Waals surface area contributed by atoms with E-state index in [1.807, 2.05) is 32.0 Å². The summed E-state index contributed by atoms with van der Waals surface area (Å²) >= 11 is 0. The molecule has 0 fully saturated rings. The average Bonchev–Trinajstić information content (AvgIpc) is 2.77. The molecule has 0 aliphatic rings. The van der Waals surface area contributed by atoms with Crippen molar-refractivity contribution in [3.05, 3.63) is 29.8 Å². The van der Waals surface area contributed by atoms with E-state index >= 15 is 0 Å². The zero-order valence-corrected chi connectivity index (χ0v) is 11.8. The fourth-order valence-corrected chi connectivity index (χ4v) is 2.26. The topological polar surface area (TPSA) is 77.8 Å². The van der Waals surface area contributed by atoms with Crippen molar-refractivity contribution in [2.24, 2.45) is 11.7 Å². The Labute approximate surface area is 113 Å². The monoisotopic (exact) mass is 260 g/mol. The lowest BCUT2D eigenvalue weighted by atomic mass is 9.90. The molecule has 0 radical (unpaired) electrons. The van der Waals surface area contributed by atoms with Crippen LogP contribution in [0, 0.1) is 12.8 Å². The van der Waals surface area contributed by atoms with Crippen molar-refractivity contribution < 1.29 is 4.52 Å². The van der Waals surface area contributed by atoms with Gasteiger partial charge in [-0.15, -0.1) is 0 Å². The van der Waals surface area contributed by atoms with Gasteiger partial charge < -0.3 is 10.3 Å². The van der Waals surface area contributed by atoms with Gasteiger partial charge in [-0.1, -0.05) is 25.1 Å². The van der Waals surface area contributed by atoms with Gasteiger partial charge in [-0.05, 0) is 31.9 Å². The van der Waals surface area contributed by atoms with E-state index in [0.717, 1.165) is 11.4 Å². The highest BCUT2D eigenvalue weighted by Crippen LogP contribution is 2.27. The van der Waals surface area contributed by atoms with Crippen LogP contribution in [0.3, 0.4) is 0 Å². The molecule has 0 aromatic carbocycles. The van der Waals surface area contributed by atoms with Crippen molar-refractivity contribution in [2.45, 2.75) is 39.7 Å². The van der Waals surface area contributed by atoms with Gasteiger partial charge >= 0.3 is 0 Å². The summed E-state index contributed by atoms with van der Waals surface area (Å²) in [5, 5.41) is 4.01. The zero-order valence-electron chi connectivity index (χ0n) is 11.8. The van der Waals surface area contributed by atoms with Crippen molar-refractivity contribution >= 4 is 0 Å². The molecule has 102 valence electrons. The molecule has 0 spiro atoms. The van der Waals surface area contributed by atoms with Gasteiger partial charge in [0, 0.05) is 11.7 Å². The molecule has 0 aliphatic carbocycles. The predicted octanol–water partition coefficient (Wildman–Crippen LogP) is 2.53. The van der Waals surface area contributed by atoms with Gasteiger partial charge in [-0.2, -0.15) is 4.98 Å². The molecule has 2 atom stereocenters. The van der Waals surface area contributed by atoms with Gasteiger partial charge in [0.1, 0.15) is 5.69 Å². The van der Waals surface area contributed by atoms with E-state index in [4.69, 9.17) is 10.3 Å². The zero-order chi connectivity index (χ0) is 14.0. The fraction of sp³-hybridized carbons (Fsp3) is 0.500. The number of pyridine rings is 1. The minimum absolute atomic E-state index is 0.0289. The van der Waals surface area contributed by atoms with Crippen LogP contribution in [0.5, 0.6) is 0 Å². The number of nitrogens with two attached hydrogens (primary N) is 1. The van der Waals surface area contributed by atoms with Gasteiger partial charge in [0.2, 0.25) is 11.7 Å². The van der Waals surface area contributed by atoms with Gasteiger partial charge in [0.15, 0.2) is 0 Å². The first-order valence-electron chi connectivity index (χ1n) is 6.52. The summed E-state index contributed by atoms with van der Waals surface area (Å²) in [6.45, 7) is 8.09. The maximum Gasteiger partial charge on any atom is 0.231 e. The van der Waals surface area contributed by atoms with E-state index in [0.29, 0.717) is 17.6 Å². The Morgan fingerprint density at radius 1 is 1.16 bits per heavy atom. The third kappa shape index (κ3) is 2.98. The summed E-state index contributed by atoms with van der Waals surface area (Å²) < 4.78 is 5.36. The van der Waals surface area contributed by atoms with Crippen molar-refractivity contribution in [1.82, 2.24) is 15.1 Å². The maximum atomic E-state index is 6.00. The van der Waals surface area contributed by atoms with Crippen LogP contribution in [0.2, 0.25) is 0 Å². The maximum absolute atomic E-state index is 6.00. The summed E-state index contributed by atoms with van der Waals surface area (Å²) in [4.78, 5) is 8.83. The average molecular weight is 260 g/mol. The van der Waals surface area contributed by atoms with E-state index in [-0.39, 0.29) is 12.0 Å². The second-order valence-corrected chi connectivity index (χ2v) is 5.25. The van der Waals surface area contributed by atoms with Crippen LogP contribution in [0.4, 0.5) is 0 Å². The molecule has 0 bridgehead atoms. The van der Waals surface area contributed by atoms with E-state index < -0.39 is 0 Å². The Hall–Kier alpha value is -1.75. The molecular formula is C14H20N4O. The van der Waals surface area contributed by atoms with E-state index in [2.05, 4.69) is 29.0 Å². The molecule has 5 heteroatoms. The lowest BCUT2D eigenvalue weighted by molar-refractivity contribution is 0.300. The Morgan fingerprint density at radius 2 is 1.89 bits per heavy atom. The molecule has 0 saturated carbocycles. The van der Waals surface area contributed by atoms with Crippen LogP contribution in [-0.2, 0) is 0 Å². The van der Waals surface area contributed by atoms with Crippen LogP contribution in [0.1, 0.15) is 38.3 Å². The number of hydrogen-bond acceptors (Lipinski definition) is 5. The molecule has 2 unspecified atom stereocenters. The molecule has 2 rings (SSSR count).